The normalized spacial score (nSPS) is 18.9. The summed E-state index contributed by atoms with van der Waals surface area (Å²) in [6, 6.07) is 18.3. The molecule has 3 amide bonds. The summed E-state index contributed by atoms with van der Waals surface area (Å²) < 4.78 is 0. The molecule has 2 aromatic heterocycles. The van der Waals surface area contributed by atoms with Crippen molar-refractivity contribution in [2.75, 3.05) is 73.3 Å². The number of anilines is 6. The van der Waals surface area contributed by atoms with Crippen molar-refractivity contribution in [3.8, 4) is 0 Å². The monoisotopic (exact) mass is 882 g/mol. The van der Waals surface area contributed by atoms with Crippen LogP contribution in [0.15, 0.2) is 73.4 Å². The van der Waals surface area contributed by atoms with E-state index in [9.17, 15) is 19.2 Å². The van der Waals surface area contributed by atoms with Crippen molar-refractivity contribution in [1.29, 1.82) is 0 Å². The highest BCUT2D eigenvalue weighted by Gasteiger charge is 2.54. The summed E-state index contributed by atoms with van der Waals surface area (Å²) in [5.74, 6) is 1.26. The Bertz CT molecular complexity index is 2380. The van der Waals surface area contributed by atoms with E-state index in [4.69, 9.17) is 9.97 Å². The first kappa shape index (κ1) is 45.2. The number of pyridine rings is 1. The van der Waals surface area contributed by atoms with Gasteiger partial charge in [0.2, 0.25) is 11.9 Å². The number of nitrogens with zero attached hydrogens (tertiary/aromatic N) is 7. The van der Waals surface area contributed by atoms with E-state index >= 15 is 0 Å². The topological polar surface area (TPSA) is 168 Å². The number of benzene rings is 2. The van der Waals surface area contributed by atoms with Crippen LogP contribution in [0.2, 0.25) is 0 Å². The van der Waals surface area contributed by atoms with Gasteiger partial charge in [0.25, 0.3) is 11.8 Å². The van der Waals surface area contributed by atoms with Gasteiger partial charge in [-0.3, -0.25) is 19.3 Å². The van der Waals surface area contributed by atoms with E-state index in [2.05, 4.69) is 78.7 Å². The van der Waals surface area contributed by atoms with Crippen LogP contribution >= 0.6 is 0 Å². The van der Waals surface area contributed by atoms with E-state index in [0.717, 1.165) is 87.4 Å². The zero-order valence-electron chi connectivity index (χ0n) is 38.2. The second kappa shape index (κ2) is 19.8. The molecule has 5 heterocycles. The van der Waals surface area contributed by atoms with Gasteiger partial charge in [-0.15, -0.1) is 6.58 Å². The fraction of sp³-hybridized carbons (Fsp3) is 0.460. The largest absolute Gasteiger partial charge is 0.370 e. The van der Waals surface area contributed by atoms with Gasteiger partial charge in [-0.1, -0.05) is 39.0 Å². The molecule has 2 unspecified atom stereocenters. The van der Waals surface area contributed by atoms with E-state index < -0.39 is 6.04 Å². The van der Waals surface area contributed by atoms with Crippen molar-refractivity contribution < 1.29 is 19.2 Å². The summed E-state index contributed by atoms with van der Waals surface area (Å²) in [4.78, 5) is 73.6. The maximum absolute atomic E-state index is 13.4. The minimum absolute atomic E-state index is 0.133. The van der Waals surface area contributed by atoms with Crippen LogP contribution in [0.5, 0.6) is 0 Å². The Labute approximate surface area is 382 Å². The van der Waals surface area contributed by atoms with Crippen molar-refractivity contribution >= 4 is 58.7 Å². The third-order valence-corrected chi connectivity index (χ3v) is 13.9. The Morgan fingerprint density at radius 3 is 2.45 bits per heavy atom. The summed E-state index contributed by atoms with van der Waals surface area (Å²) in [6.45, 7) is 16.5. The molecule has 5 aliphatic rings. The zero-order chi connectivity index (χ0) is 45.7. The number of carbonyl (C=O) groups excluding carboxylic acids is 4. The van der Waals surface area contributed by atoms with Crippen molar-refractivity contribution in [3.05, 3.63) is 101 Å². The minimum atomic E-state index is -0.624. The number of aldehydes is 1. The molecular formula is C50H63N11O4. The highest BCUT2D eigenvalue weighted by atomic mass is 16.2. The fourth-order valence-electron chi connectivity index (χ4n) is 10.3. The van der Waals surface area contributed by atoms with E-state index in [-0.39, 0.29) is 24.1 Å². The number of rotatable bonds is 16. The van der Waals surface area contributed by atoms with Crippen LogP contribution in [0, 0.1) is 5.41 Å². The highest BCUT2D eigenvalue weighted by Crippen LogP contribution is 2.52. The van der Waals surface area contributed by atoms with Crippen LogP contribution in [-0.2, 0) is 22.6 Å². The molecule has 1 saturated carbocycles. The molecule has 3 aliphatic heterocycles. The third-order valence-electron chi connectivity index (χ3n) is 13.9. The molecule has 4 aromatic rings. The van der Waals surface area contributed by atoms with Gasteiger partial charge in [0.15, 0.2) is 0 Å². The Morgan fingerprint density at radius 1 is 0.969 bits per heavy atom. The van der Waals surface area contributed by atoms with Gasteiger partial charge in [-0.2, -0.15) is 4.98 Å². The third kappa shape index (κ3) is 9.42. The summed E-state index contributed by atoms with van der Waals surface area (Å²) in [6.07, 6.45) is 10.0. The van der Waals surface area contributed by atoms with Gasteiger partial charge >= 0.3 is 0 Å². The number of hydrogen-bond donors (Lipinski definition) is 4. The molecule has 15 heteroatoms. The first-order valence-corrected chi connectivity index (χ1v) is 23.4. The Morgan fingerprint density at radius 2 is 1.74 bits per heavy atom. The predicted molar refractivity (Wildman–Crippen MR) is 255 cm³/mol. The van der Waals surface area contributed by atoms with E-state index in [1.807, 2.05) is 44.2 Å². The van der Waals surface area contributed by atoms with Crippen LogP contribution in [0.25, 0.3) is 0 Å². The van der Waals surface area contributed by atoms with Gasteiger partial charge in [0.1, 0.15) is 23.5 Å². The first-order chi connectivity index (χ1) is 31.7. The quantitative estimate of drug-likeness (QED) is 0.0706. The van der Waals surface area contributed by atoms with E-state index in [1.54, 1.807) is 18.0 Å². The maximum atomic E-state index is 13.4. The second-order valence-corrected chi connectivity index (χ2v) is 17.7. The van der Waals surface area contributed by atoms with E-state index in [1.165, 1.54) is 30.3 Å². The van der Waals surface area contributed by atoms with Crippen LogP contribution in [0.4, 0.5) is 34.6 Å². The lowest BCUT2D eigenvalue weighted by atomic mass is 9.60. The SMILES string of the molecule is C=CCNC(=O)c1cnc(Nc2ccc(N3CCN(C4CC5(C4)CN(c4cccc6c4CN(C(C=O)CCC(=O)NC)C6=O)C5)CC3)cc2)nc1Nc1ccc2c(n1)C(CC)CC2.CC. The summed E-state index contributed by atoms with van der Waals surface area (Å²) >= 11 is 0. The Kier molecular flexibility index (Phi) is 13.8. The Balaban J connectivity index is 0.00000284. The lowest BCUT2D eigenvalue weighted by Crippen LogP contribution is -2.68. The summed E-state index contributed by atoms with van der Waals surface area (Å²) in [7, 11) is 1.57. The number of nitrogens with one attached hydrogen (secondary N) is 4. The number of amides is 3. The number of piperazine rings is 1. The second-order valence-electron chi connectivity index (χ2n) is 17.7. The number of aryl methyl sites for hydroxylation is 1. The molecule has 2 aliphatic carbocycles. The van der Waals surface area contributed by atoms with Gasteiger partial charge in [0.05, 0.1) is 6.04 Å². The molecule has 2 aromatic carbocycles. The molecule has 342 valence electrons. The molecule has 2 saturated heterocycles. The molecule has 2 atom stereocenters. The van der Waals surface area contributed by atoms with Gasteiger partial charge in [0, 0.05) is 123 Å². The van der Waals surface area contributed by atoms with Gasteiger partial charge in [-0.25, -0.2) is 9.97 Å². The summed E-state index contributed by atoms with van der Waals surface area (Å²) in [5.41, 5.74) is 7.80. The van der Waals surface area contributed by atoms with Crippen LogP contribution < -0.4 is 31.1 Å². The Hall–Kier alpha value is -6.35. The highest BCUT2D eigenvalue weighted by molar-refractivity contribution is 6.01. The van der Waals surface area contributed by atoms with Crippen molar-refractivity contribution in [3.63, 3.8) is 0 Å². The van der Waals surface area contributed by atoms with Crippen LogP contribution in [0.3, 0.4) is 0 Å². The van der Waals surface area contributed by atoms with Crippen molar-refractivity contribution in [2.45, 2.75) is 90.3 Å². The number of aromatic nitrogens is 3. The molecule has 3 fully saturated rings. The standard InChI is InChI=1S/C48H57N11O4.C2H6/c1-4-19-50-45(62)38-26-51-47(55-44(38)54-41-17-11-32-10-9-31(5-2)43(32)53-41)52-33-12-14-34(15-13-33)56-20-22-57(23-21-56)36-24-48(25-36)29-58(30-48)40-8-6-7-37-39(40)27-59(46(37)63)35(28-60)16-18-42(61)49-3;1-2/h4,6-8,11-15,17,26,28,31,35-36H,1,5,9-10,16,18-25,27,29-30H2,2-3H3,(H,49,61)(H,50,62)(H2,51,52,53,54,55);1-2H3. The average molecular weight is 882 g/mol. The smallest absolute Gasteiger partial charge is 0.256 e. The molecule has 4 N–H and O–H groups in total. The molecule has 1 spiro atoms. The molecule has 15 nitrogen and oxygen atoms in total. The summed E-state index contributed by atoms with van der Waals surface area (Å²) in [5, 5.41) is 12.1. The maximum Gasteiger partial charge on any atom is 0.256 e. The van der Waals surface area contributed by atoms with Gasteiger partial charge in [-0.05, 0) is 86.6 Å². The average Bonchev–Trinajstić information content (AvgIpc) is 3.88. The lowest BCUT2D eigenvalue weighted by Gasteiger charge is -2.62. The predicted octanol–water partition coefficient (Wildman–Crippen LogP) is 6.58. The lowest BCUT2D eigenvalue weighted by molar-refractivity contribution is -0.121. The molecule has 65 heavy (non-hydrogen) atoms. The molecule has 0 bridgehead atoms. The van der Waals surface area contributed by atoms with Crippen LogP contribution in [-0.4, -0.2) is 114 Å². The van der Waals surface area contributed by atoms with Gasteiger partial charge < -0.3 is 40.8 Å². The van der Waals surface area contributed by atoms with E-state index in [0.29, 0.717) is 65.6 Å². The number of hydrogen-bond acceptors (Lipinski definition) is 12. The zero-order valence-corrected chi connectivity index (χ0v) is 38.2. The molecule has 9 rings (SSSR count). The molecular weight excluding hydrogens is 819 g/mol. The molecule has 0 radical (unpaired) electrons. The first-order valence-electron chi connectivity index (χ1n) is 23.4. The number of carbonyl (C=O) groups is 4. The van der Waals surface area contributed by atoms with Crippen molar-refractivity contribution in [1.82, 2.24) is 35.4 Å². The van der Waals surface area contributed by atoms with Crippen LogP contribution in [0.1, 0.15) is 103 Å². The van der Waals surface area contributed by atoms with Crippen molar-refractivity contribution in [2.24, 2.45) is 5.41 Å². The minimum Gasteiger partial charge on any atom is -0.370 e. The fourth-order valence-corrected chi connectivity index (χ4v) is 10.3. The number of fused-ring (bicyclic) bond motifs is 2.